The molecule has 0 N–H and O–H groups in total. The Morgan fingerprint density at radius 1 is 1.13 bits per heavy atom. The molecule has 1 aromatic carbocycles. The van der Waals surface area contributed by atoms with Gasteiger partial charge in [-0.25, -0.2) is 0 Å². The van der Waals surface area contributed by atoms with Gasteiger partial charge in [0, 0.05) is 31.5 Å². The van der Waals surface area contributed by atoms with Crippen LogP contribution < -0.4 is 10.4 Å². The molecule has 30 heavy (non-hydrogen) atoms. The van der Waals surface area contributed by atoms with Crippen LogP contribution in [0.25, 0.3) is 0 Å². The van der Waals surface area contributed by atoms with Crippen molar-refractivity contribution in [1.82, 2.24) is 0 Å². The number of nitrogens with zero attached hydrogens (tertiary/aromatic N) is 1. The Kier molecular flexibility index (Phi) is 8.37. The Labute approximate surface area is 182 Å². The molecule has 2 aliphatic rings. The normalized spacial score (nSPS) is 20.3. The minimum Gasteiger partial charge on any atom is -0.471 e. The minimum absolute atomic E-state index is 0.313. The maximum atomic E-state index is 8.95. The van der Waals surface area contributed by atoms with E-state index in [0.717, 1.165) is 38.1 Å². The predicted octanol–water partition coefficient (Wildman–Crippen LogP) is 3.40. The van der Waals surface area contributed by atoms with Gasteiger partial charge >= 0.3 is 7.12 Å². The van der Waals surface area contributed by atoms with Gasteiger partial charge in [0.15, 0.2) is 0 Å². The van der Waals surface area contributed by atoms with Crippen LogP contribution in [-0.4, -0.2) is 57.7 Å². The van der Waals surface area contributed by atoms with Crippen LogP contribution in [0.1, 0.15) is 58.6 Å². The zero-order valence-electron chi connectivity index (χ0n) is 19.9. The molecule has 0 spiro atoms. The van der Waals surface area contributed by atoms with Gasteiger partial charge in [-0.2, -0.15) is 0 Å². The van der Waals surface area contributed by atoms with Gasteiger partial charge < -0.3 is 23.7 Å². The third kappa shape index (κ3) is 5.37. The fourth-order valence-electron chi connectivity index (χ4n) is 3.90. The summed E-state index contributed by atoms with van der Waals surface area (Å²) in [6.07, 6.45) is 2.18. The summed E-state index contributed by atoms with van der Waals surface area (Å²) in [6.45, 7) is 18.2. The first kappa shape index (κ1) is 24.7. The summed E-state index contributed by atoms with van der Waals surface area (Å²) in [5, 5.41) is 0. The van der Waals surface area contributed by atoms with E-state index in [1.807, 2.05) is 0 Å². The number of hydrogen-bond acceptors (Lipinski definition) is 6. The number of methoxy groups -OCH3 is 1. The van der Waals surface area contributed by atoms with Crippen LogP contribution in [0.3, 0.4) is 0 Å². The van der Waals surface area contributed by atoms with Crippen molar-refractivity contribution < 1.29 is 23.6 Å². The second kappa shape index (κ2) is 10.2. The number of anilines is 1. The highest BCUT2D eigenvalue weighted by atomic mass is 16.7. The molecule has 0 radical (unpaired) electrons. The summed E-state index contributed by atoms with van der Waals surface area (Å²) in [4.78, 5) is 11.5. The highest BCUT2D eigenvalue weighted by Gasteiger charge is 2.51. The van der Waals surface area contributed by atoms with Gasteiger partial charge in [-0.1, -0.05) is 6.07 Å². The van der Waals surface area contributed by atoms with Crippen molar-refractivity contribution in [3.63, 3.8) is 0 Å². The second-order valence-electron chi connectivity index (χ2n) is 9.03. The van der Waals surface area contributed by atoms with Crippen LogP contribution in [0.15, 0.2) is 12.1 Å². The molecule has 2 aliphatic heterocycles. The Morgan fingerprint density at radius 2 is 1.67 bits per heavy atom. The summed E-state index contributed by atoms with van der Waals surface area (Å²) >= 11 is 0. The maximum Gasteiger partial charge on any atom is 0.494 e. The van der Waals surface area contributed by atoms with E-state index in [1.54, 1.807) is 0 Å². The van der Waals surface area contributed by atoms with E-state index >= 15 is 0 Å². The average molecular weight is 419 g/mol. The standard InChI is InChI=1S/C21H34BNO3.C2H4O2/c1-8-23(18-9-11-24-12-10-18)19-14-17(13-15(2)16(19)3)22-25-20(4,5)21(6,7)26-22;1-4-2-3/h13-14,18H,8-12H2,1-7H3;2H,1H3. The summed E-state index contributed by atoms with van der Waals surface area (Å²) in [6, 6.07) is 5.04. The van der Waals surface area contributed by atoms with E-state index in [0.29, 0.717) is 12.5 Å². The summed E-state index contributed by atoms with van der Waals surface area (Å²) in [5.74, 6) is 0. The van der Waals surface area contributed by atoms with Gasteiger partial charge in [0.2, 0.25) is 0 Å². The van der Waals surface area contributed by atoms with E-state index in [4.69, 9.17) is 18.8 Å². The maximum absolute atomic E-state index is 8.95. The molecule has 2 fully saturated rings. The van der Waals surface area contributed by atoms with Crippen molar-refractivity contribution in [1.29, 1.82) is 0 Å². The molecule has 1 aromatic rings. The van der Waals surface area contributed by atoms with Crippen molar-refractivity contribution >= 4 is 24.7 Å². The zero-order chi connectivity index (χ0) is 22.5. The van der Waals surface area contributed by atoms with Crippen molar-refractivity contribution in [3.8, 4) is 0 Å². The first-order valence-corrected chi connectivity index (χ1v) is 10.9. The number of benzene rings is 1. The van der Waals surface area contributed by atoms with E-state index in [2.05, 4.69) is 70.2 Å². The Balaban J connectivity index is 0.000000735. The molecule has 168 valence electrons. The molecular formula is C23H38BNO5. The molecule has 6 nitrogen and oxygen atoms in total. The number of hydrogen-bond donors (Lipinski definition) is 0. The van der Waals surface area contributed by atoms with Gasteiger partial charge in [-0.15, -0.1) is 0 Å². The zero-order valence-corrected chi connectivity index (χ0v) is 19.9. The smallest absolute Gasteiger partial charge is 0.471 e. The molecule has 0 saturated carbocycles. The van der Waals surface area contributed by atoms with Crippen LogP contribution in [0, 0.1) is 13.8 Å². The SMILES string of the molecule is CCN(c1cc(B2OC(C)(C)C(C)(C)O2)cc(C)c1C)C1CCOCC1.COC=O. The fourth-order valence-corrected chi connectivity index (χ4v) is 3.90. The van der Waals surface area contributed by atoms with Crippen LogP contribution in [-0.2, 0) is 23.6 Å². The Morgan fingerprint density at radius 3 is 2.13 bits per heavy atom. The van der Waals surface area contributed by atoms with E-state index in [9.17, 15) is 0 Å². The molecule has 2 saturated heterocycles. The van der Waals surface area contributed by atoms with E-state index in [1.165, 1.54) is 23.9 Å². The van der Waals surface area contributed by atoms with Crippen LogP contribution in [0.5, 0.6) is 0 Å². The second-order valence-corrected chi connectivity index (χ2v) is 9.03. The highest BCUT2D eigenvalue weighted by Crippen LogP contribution is 2.37. The molecule has 0 aliphatic carbocycles. The predicted molar refractivity (Wildman–Crippen MR) is 122 cm³/mol. The molecule has 0 bridgehead atoms. The largest absolute Gasteiger partial charge is 0.494 e. The Hall–Kier alpha value is -1.57. The number of carbonyl (C=O) groups is 1. The third-order valence-electron chi connectivity index (χ3n) is 6.57. The van der Waals surface area contributed by atoms with Crippen LogP contribution >= 0.6 is 0 Å². The lowest BCUT2D eigenvalue weighted by Crippen LogP contribution is -2.41. The topological polar surface area (TPSA) is 57.2 Å². The van der Waals surface area contributed by atoms with Crippen LogP contribution in [0.2, 0.25) is 0 Å². The summed E-state index contributed by atoms with van der Waals surface area (Å²) in [7, 11) is 0.999. The lowest BCUT2D eigenvalue weighted by Gasteiger charge is -2.37. The molecule has 7 heteroatoms. The van der Waals surface area contributed by atoms with Gasteiger partial charge in [-0.3, -0.25) is 4.79 Å². The van der Waals surface area contributed by atoms with Crippen molar-refractivity contribution in [2.75, 3.05) is 31.8 Å². The fraction of sp³-hybridized carbons (Fsp3) is 0.696. The monoisotopic (exact) mass is 419 g/mol. The van der Waals surface area contributed by atoms with E-state index in [-0.39, 0.29) is 18.3 Å². The third-order valence-corrected chi connectivity index (χ3v) is 6.57. The number of carbonyl (C=O) groups excluding carboxylic acids is 1. The molecule has 3 rings (SSSR count). The lowest BCUT2D eigenvalue weighted by molar-refractivity contribution is -0.126. The van der Waals surface area contributed by atoms with Crippen molar-refractivity contribution in [2.24, 2.45) is 0 Å². The highest BCUT2D eigenvalue weighted by molar-refractivity contribution is 6.62. The van der Waals surface area contributed by atoms with Crippen molar-refractivity contribution in [3.05, 3.63) is 23.3 Å². The first-order valence-electron chi connectivity index (χ1n) is 10.9. The molecular weight excluding hydrogens is 381 g/mol. The molecule has 0 amide bonds. The number of aryl methyl sites for hydroxylation is 1. The number of rotatable bonds is 5. The number of ether oxygens (including phenoxy) is 2. The van der Waals surface area contributed by atoms with Gasteiger partial charge in [-0.05, 0) is 84.0 Å². The minimum atomic E-state index is -0.318. The van der Waals surface area contributed by atoms with Gasteiger partial charge in [0.25, 0.3) is 6.47 Å². The first-order chi connectivity index (χ1) is 14.1. The average Bonchev–Trinajstić information content (AvgIpc) is 2.93. The van der Waals surface area contributed by atoms with Crippen LogP contribution in [0.4, 0.5) is 5.69 Å². The van der Waals surface area contributed by atoms with Gasteiger partial charge in [0.1, 0.15) is 0 Å². The van der Waals surface area contributed by atoms with Gasteiger partial charge in [0.05, 0.1) is 18.3 Å². The molecule has 0 atom stereocenters. The van der Waals surface area contributed by atoms with Crippen molar-refractivity contribution in [2.45, 2.75) is 78.6 Å². The Bertz CT molecular complexity index is 700. The lowest BCUT2D eigenvalue weighted by atomic mass is 9.77. The molecule has 0 aromatic heterocycles. The van der Waals surface area contributed by atoms with E-state index < -0.39 is 0 Å². The summed E-state index contributed by atoms with van der Waals surface area (Å²) < 4.78 is 22.0. The molecule has 0 unspecified atom stereocenters. The quantitative estimate of drug-likeness (QED) is 0.539. The molecule has 2 heterocycles. The summed E-state index contributed by atoms with van der Waals surface area (Å²) in [5.41, 5.74) is 4.43.